The molecule has 2 unspecified atom stereocenters. The van der Waals surface area contributed by atoms with Gasteiger partial charge in [-0.25, -0.2) is 13.1 Å². The van der Waals surface area contributed by atoms with Crippen LogP contribution in [0.15, 0.2) is 41.8 Å². The van der Waals surface area contributed by atoms with Crippen LogP contribution in [-0.4, -0.2) is 32.6 Å². The molecule has 1 aromatic rings. The zero-order valence-corrected chi connectivity index (χ0v) is 17.7. The zero-order valence-electron chi connectivity index (χ0n) is 16.9. The fraction of sp³-hybridized carbons (Fsp3) is 0.500. The molecule has 1 saturated carbocycles. The number of hydrogen-bond acceptors (Lipinski definition) is 4. The van der Waals surface area contributed by atoms with Crippen LogP contribution in [-0.2, 0) is 14.8 Å². The molecule has 1 aromatic carbocycles. The Balaban J connectivity index is 1.91. The van der Waals surface area contributed by atoms with Crippen molar-refractivity contribution in [2.45, 2.75) is 57.4 Å². The van der Waals surface area contributed by atoms with Gasteiger partial charge in [-0.15, -0.1) is 0 Å². The first kappa shape index (κ1) is 23.2. The van der Waals surface area contributed by atoms with Gasteiger partial charge in [0, 0.05) is 17.9 Å². The van der Waals surface area contributed by atoms with Crippen molar-refractivity contribution in [3.63, 3.8) is 0 Å². The SMILES string of the molecule is COc1cccc(/C=C/S(=O)(=O)NC2CCCCC2C/C=C/CCCC(=O)O)c1. The molecule has 1 fully saturated rings. The quantitative estimate of drug-likeness (QED) is 0.409. The van der Waals surface area contributed by atoms with E-state index in [9.17, 15) is 13.2 Å². The second kappa shape index (κ2) is 11.8. The summed E-state index contributed by atoms with van der Waals surface area (Å²) in [6, 6.07) is 7.16. The molecule has 29 heavy (non-hydrogen) atoms. The number of benzene rings is 1. The zero-order chi connectivity index (χ0) is 21.1. The largest absolute Gasteiger partial charge is 0.497 e. The number of allylic oxidation sites excluding steroid dienone is 2. The van der Waals surface area contributed by atoms with Gasteiger partial charge in [0.25, 0.3) is 0 Å². The summed E-state index contributed by atoms with van der Waals surface area (Å²) in [5.41, 5.74) is 0.763. The molecular formula is C22H31NO5S. The lowest BCUT2D eigenvalue weighted by Gasteiger charge is -2.31. The van der Waals surface area contributed by atoms with Gasteiger partial charge in [0.15, 0.2) is 0 Å². The highest BCUT2D eigenvalue weighted by molar-refractivity contribution is 7.92. The van der Waals surface area contributed by atoms with E-state index in [1.165, 1.54) is 5.41 Å². The molecule has 1 aliphatic carbocycles. The number of nitrogens with one attached hydrogen (secondary N) is 1. The number of sulfonamides is 1. The number of hydrogen-bond donors (Lipinski definition) is 2. The van der Waals surface area contributed by atoms with Crippen molar-refractivity contribution < 1.29 is 23.1 Å². The third-order valence-corrected chi connectivity index (χ3v) is 6.25. The normalized spacial score (nSPS) is 20.3. The maximum atomic E-state index is 12.5. The van der Waals surface area contributed by atoms with Crippen molar-refractivity contribution in [1.82, 2.24) is 4.72 Å². The van der Waals surface area contributed by atoms with Gasteiger partial charge >= 0.3 is 5.97 Å². The Bertz CT molecular complexity index is 816. The summed E-state index contributed by atoms with van der Waals surface area (Å²) in [4.78, 5) is 10.5. The van der Waals surface area contributed by atoms with E-state index in [-0.39, 0.29) is 18.4 Å². The summed E-state index contributed by atoms with van der Waals surface area (Å²) < 4.78 is 33.1. The molecule has 2 rings (SSSR count). The standard InChI is InChI=1S/C22H31NO5S/c1-28-20-12-8-9-18(17-20)15-16-29(26,27)23-21-13-7-6-11-19(21)10-4-2-3-5-14-22(24)25/h2,4,8-9,12,15-17,19,21,23H,3,5-7,10-11,13-14H2,1H3,(H,24,25)/b4-2+,16-15+. The van der Waals surface area contributed by atoms with Crippen molar-refractivity contribution >= 4 is 22.1 Å². The molecule has 1 aliphatic rings. The maximum absolute atomic E-state index is 12.5. The molecule has 0 amide bonds. The van der Waals surface area contributed by atoms with Gasteiger partial charge in [0.05, 0.1) is 7.11 Å². The highest BCUT2D eigenvalue weighted by Crippen LogP contribution is 2.28. The molecule has 7 heteroatoms. The van der Waals surface area contributed by atoms with Crippen LogP contribution in [0.5, 0.6) is 5.75 Å². The second-order valence-corrected chi connectivity index (χ2v) is 8.98. The number of ether oxygens (including phenoxy) is 1. The van der Waals surface area contributed by atoms with Gasteiger partial charge in [-0.05, 0) is 61.8 Å². The average molecular weight is 422 g/mol. The first-order chi connectivity index (χ1) is 13.9. The summed E-state index contributed by atoms with van der Waals surface area (Å²) >= 11 is 0. The minimum Gasteiger partial charge on any atom is -0.497 e. The van der Waals surface area contributed by atoms with E-state index in [0.29, 0.717) is 12.2 Å². The molecule has 2 atom stereocenters. The Hall–Kier alpha value is -2.12. The van der Waals surface area contributed by atoms with Gasteiger partial charge in [-0.2, -0.15) is 0 Å². The number of aliphatic carboxylic acids is 1. The van der Waals surface area contributed by atoms with E-state index < -0.39 is 16.0 Å². The lowest BCUT2D eigenvalue weighted by atomic mass is 9.83. The van der Waals surface area contributed by atoms with E-state index in [1.54, 1.807) is 19.3 Å². The van der Waals surface area contributed by atoms with Crippen molar-refractivity contribution in [3.05, 3.63) is 47.4 Å². The minimum atomic E-state index is -3.54. The Morgan fingerprint density at radius 1 is 1.28 bits per heavy atom. The molecule has 0 aromatic heterocycles. The van der Waals surface area contributed by atoms with Crippen LogP contribution in [0.25, 0.3) is 6.08 Å². The van der Waals surface area contributed by atoms with Gasteiger partial charge < -0.3 is 9.84 Å². The van der Waals surface area contributed by atoms with Crippen LogP contribution < -0.4 is 9.46 Å². The van der Waals surface area contributed by atoms with Crippen LogP contribution in [0.4, 0.5) is 0 Å². The molecule has 0 aliphatic heterocycles. The van der Waals surface area contributed by atoms with E-state index >= 15 is 0 Å². The van der Waals surface area contributed by atoms with E-state index in [1.807, 2.05) is 24.3 Å². The Kier molecular flexibility index (Phi) is 9.41. The van der Waals surface area contributed by atoms with Crippen molar-refractivity contribution in [3.8, 4) is 5.75 Å². The molecule has 160 valence electrons. The molecule has 0 bridgehead atoms. The number of methoxy groups -OCH3 is 1. The Morgan fingerprint density at radius 3 is 2.83 bits per heavy atom. The molecule has 0 heterocycles. The van der Waals surface area contributed by atoms with E-state index in [2.05, 4.69) is 10.8 Å². The van der Waals surface area contributed by atoms with Gasteiger partial charge in [-0.3, -0.25) is 4.79 Å². The lowest BCUT2D eigenvalue weighted by molar-refractivity contribution is -0.137. The average Bonchev–Trinajstić information content (AvgIpc) is 2.70. The molecule has 0 spiro atoms. The van der Waals surface area contributed by atoms with E-state index in [0.717, 1.165) is 44.1 Å². The molecule has 2 N–H and O–H groups in total. The summed E-state index contributed by atoms with van der Waals surface area (Å²) in [7, 11) is -1.97. The van der Waals surface area contributed by atoms with Gasteiger partial charge in [-0.1, -0.05) is 37.1 Å². The number of unbranched alkanes of at least 4 members (excludes halogenated alkanes) is 1. The number of carboxylic acid groups (broad SMARTS) is 1. The van der Waals surface area contributed by atoms with Crippen molar-refractivity contribution in [1.29, 1.82) is 0 Å². The van der Waals surface area contributed by atoms with Crippen molar-refractivity contribution in [2.75, 3.05) is 7.11 Å². The number of carbonyl (C=O) groups is 1. The van der Waals surface area contributed by atoms with Crippen LogP contribution in [0.2, 0.25) is 0 Å². The molecule has 6 nitrogen and oxygen atoms in total. The minimum absolute atomic E-state index is 0.0765. The van der Waals surface area contributed by atoms with Crippen LogP contribution >= 0.6 is 0 Å². The smallest absolute Gasteiger partial charge is 0.303 e. The van der Waals surface area contributed by atoms with Crippen LogP contribution in [0.3, 0.4) is 0 Å². The predicted molar refractivity (Wildman–Crippen MR) is 115 cm³/mol. The predicted octanol–water partition coefficient (Wildman–Crippen LogP) is 4.35. The summed E-state index contributed by atoms with van der Waals surface area (Å²) in [5.74, 6) is 0.168. The summed E-state index contributed by atoms with van der Waals surface area (Å²) in [6.45, 7) is 0. The monoisotopic (exact) mass is 421 g/mol. The maximum Gasteiger partial charge on any atom is 0.303 e. The number of rotatable bonds is 11. The molecule has 0 saturated heterocycles. The second-order valence-electron chi connectivity index (χ2n) is 7.39. The molecular weight excluding hydrogens is 390 g/mol. The fourth-order valence-corrected chi connectivity index (χ4v) is 4.72. The third-order valence-electron chi connectivity index (χ3n) is 5.13. The summed E-state index contributed by atoms with van der Waals surface area (Å²) in [6.07, 6.45) is 11.9. The Labute approximate surface area is 173 Å². The topological polar surface area (TPSA) is 92.7 Å². The third kappa shape index (κ3) is 8.83. The van der Waals surface area contributed by atoms with Gasteiger partial charge in [0.2, 0.25) is 10.0 Å². The van der Waals surface area contributed by atoms with Crippen molar-refractivity contribution in [2.24, 2.45) is 5.92 Å². The van der Waals surface area contributed by atoms with Crippen LogP contribution in [0.1, 0.15) is 56.9 Å². The van der Waals surface area contributed by atoms with Crippen LogP contribution in [0, 0.1) is 5.92 Å². The van der Waals surface area contributed by atoms with E-state index in [4.69, 9.17) is 9.84 Å². The fourth-order valence-electron chi connectivity index (χ4n) is 3.57. The number of carboxylic acids is 1. The highest BCUT2D eigenvalue weighted by atomic mass is 32.2. The molecule has 0 radical (unpaired) electrons. The first-order valence-electron chi connectivity index (χ1n) is 10.1. The lowest BCUT2D eigenvalue weighted by Crippen LogP contribution is -2.41. The highest BCUT2D eigenvalue weighted by Gasteiger charge is 2.27. The van der Waals surface area contributed by atoms with Gasteiger partial charge in [0.1, 0.15) is 5.75 Å². The first-order valence-corrected chi connectivity index (χ1v) is 11.7. The summed E-state index contributed by atoms with van der Waals surface area (Å²) in [5, 5.41) is 9.88. The Morgan fingerprint density at radius 2 is 2.07 bits per heavy atom.